The van der Waals surface area contributed by atoms with Crippen molar-refractivity contribution in [2.24, 2.45) is 0 Å². The minimum Gasteiger partial charge on any atom is -0.437 e. The zero-order chi connectivity index (χ0) is 7.49. The molecule has 0 amide bonds. The molecule has 0 atom stereocenters. The van der Waals surface area contributed by atoms with Crippen LogP contribution in [0.25, 0.3) is 0 Å². The van der Waals surface area contributed by atoms with Crippen LogP contribution >= 0.6 is 7.82 Å². The maximum absolute atomic E-state index is 9.89. The molecule has 2 N–H and O–H groups in total. The van der Waals surface area contributed by atoms with E-state index < -0.39 is 14.0 Å². The van der Waals surface area contributed by atoms with Crippen molar-refractivity contribution >= 4 is 14.0 Å². The Morgan fingerprint density at radius 3 is 2.11 bits per heavy atom. The molecule has 0 aromatic rings. The molecule has 0 aromatic heterocycles. The average molecular weight is 156 g/mol. The summed E-state index contributed by atoms with van der Waals surface area (Å²) in [7, 11) is -3.77. The standard InChI is InChI=1S/C2H5O6P/c1-7-2(3)8-9(4,5)6/h1H3,(H2,4,5,6). The normalized spacial score (nSPS) is 10.6. The fraction of sp³-hybridized carbons (Fsp3) is 0.500. The number of ether oxygens (including phenoxy) is 1. The van der Waals surface area contributed by atoms with E-state index in [1.165, 1.54) is 0 Å². The molecule has 9 heavy (non-hydrogen) atoms. The van der Waals surface area contributed by atoms with E-state index >= 15 is 0 Å². The van der Waals surface area contributed by atoms with Crippen molar-refractivity contribution in [3.05, 3.63) is 0 Å². The van der Waals surface area contributed by atoms with Crippen molar-refractivity contribution in [3.63, 3.8) is 0 Å². The zero-order valence-electron chi connectivity index (χ0n) is 4.47. The molecule has 0 saturated heterocycles. The Labute approximate surface area is 50.6 Å². The number of phosphoric acid groups is 1. The lowest BCUT2D eigenvalue weighted by Gasteiger charge is -2.01. The summed E-state index contributed by atoms with van der Waals surface area (Å²) in [6.45, 7) is 0. The van der Waals surface area contributed by atoms with Gasteiger partial charge in [0.2, 0.25) is 0 Å². The quantitative estimate of drug-likeness (QED) is 0.405. The van der Waals surface area contributed by atoms with Crippen LogP contribution in [0.4, 0.5) is 4.79 Å². The smallest absolute Gasteiger partial charge is 0.437 e. The predicted octanol–water partition coefficient (Wildman–Crippen LogP) is -0.138. The number of rotatable bonds is 1. The third kappa shape index (κ3) is 5.29. The molecule has 54 valence electrons. The molecule has 0 radical (unpaired) electrons. The van der Waals surface area contributed by atoms with Crippen LogP contribution in [-0.2, 0) is 13.8 Å². The topological polar surface area (TPSA) is 93.1 Å². The maximum atomic E-state index is 9.89. The van der Waals surface area contributed by atoms with Gasteiger partial charge in [0.05, 0.1) is 7.11 Å². The molecule has 0 saturated carbocycles. The van der Waals surface area contributed by atoms with E-state index in [0.717, 1.165) is 7.11 Å². The first-order valence-electron chi connectivity index (χ1n) is 1.79. The number of phosphoric ester groups is 1. The van der Waals surface area contributed by atoms with Gasteiger partial charge in [0.1, 0.15) is 0 Å². The van der Waals surface area contributed by atoms with Crippen LogP contribution < -0.4 is 0 Å². The molecular weight excluding hydrogens is 151 g/mol. The van der Waals surface area contributed by atoms with Crippen molar-refractivity contribution in [3.8, 4) is 0 Å². The third-order valence-electron chi connectivity index (χ3n) is 0.360. The Hall–Kier alpha value is -0.580. The van der Waals surface area contributed by atoms with Gasteiger partial charge in [-0.25, -0.2) is 9.36 Å². The second kappa shape index (κ2) is 2.82. The molecule has 0 spiro atoms. The second-order valence-corrected chi connectivity index (χ2v) is 2.20. The monoisotopic (exact) mass is 156 g/mol. The average Bonchev–Trinajstić information content (AvgIpc) is 1.62. The van der Waals surface area contributed by atoms with Crippen molar-refractivity contribution in [2.45, 2.75) is 0 Å². The molecular formula is C2H5O6P. The molecule has 0 rings (SSSR count). The first-order valence-corrected chi connectivity index (χ1v) is 3.32. The summed E-state index contributed by atoms with van der Waals surface area (Å²) in [5.74, 6) is 0. The van der Waals surface area contributed by atoms with Gasteiger partial charge in [0, 0.05) is 0 Å². The van der Waals surface area contributed by atoms with Crippen molar-refractivity contribution < 1.29 is 28.4 Å². The van der Waals surface area contributed by atoms with E-state index in [2.05, 4.69) is 9.26 Å². The molecule has 0 aliphatic rings. The molecule has 0 aliphatic carbocycles. The predicted molar refractivity (Wildman–Crippen MR) is 25.5 cm³/mol. The molecule has 0 aromatic carbocycles. The van der Waals surface area contributed by atoms with Gasteiger partial charge in [-0.3, -0.25) is 9.79 Å². The van der Waals surface area contributed by atoms with Gasteiger partial charge >= 0.3 is 14.0 Å². The fourth-order valence-electron chi connectivity index (χ4n) is 0.134. The van der Waals surface area contributed by atoms with Crippen LogP contribution in [0.5, 0.6) is 0 Å². The Morgan fingerprint density at radius 1 is 1.56 bits per heavy atom. The first kappa shape index (κ1) is 8.42. The lowest BCUT2D eigenvalue weighted by Crippen LogP contribution is -2.01. The summed E-state index contributed by atoms with van der Waals surface area (Å²) in [4.78, 5) is 25.7. The summed E-state index contributed by atoms with van der Waals surface area (Å²) in [6, 6.07) is 0. The van der Waals surface area contributed by atoms with Crippen molar-refractivity contribution in [1.82, 2.24) is 0 Å². The van der Waals surface area contributed by atoms with Crippen LogP contribution in [-0.4, -0.2) is 23.1 Å². The van der Waals surface area contributed by atoms with Gasteiger partial charge in [0.15, 0.2) is 0 Å². The number of hydrogen-bond donors (Lipinski definition) is 2. The van der Waals surface area contributed by atoms with E-state index in [4.69, 9.17) is 9.79 Å². The van der Waals surface area contributed by atoms with E-state index in [0.29, 0.717) is 0 Å². The van der Waals surface area contributed by atoms with Crippen LogP contribution in [0.1, 0.15) is 0 Å². The molecule has 0 heterocycles. The van der Waals surface area contributed by atoms with E-state index in [-0.39, 0.29) is 0 Å². The lowest BCUT2D eigenvalue weighted by atomic mass is 11.4. The van der Waals surface area contributed by atoms with Gasteiger partial charge in [-0.2, -0.15) is 0 Å². The lowest BCUT2D eigenvalue weighted by molar-refractivity contribution is 0.106. The van der Waals surface area contributed by atoms with Crippen molar-refractivity contribution in [2.75, 3.05) is 7.11 Å². The van der Waals surface area contributed by atoms with Gasteiger partial charge in [0.25, 0.3) is 0 Å². The van der Waals surface area contributed by atoms with Gasteiger partial charge in [-0.15, -0.1) is 0 Å². The second-order valence-electron chi connectivity index (χ2n) is 1.04. The SMILES string of the molecule is COC(=O)OP(=O)(O)O. The van der Waals surface area contributed by atoms with Crippen LogP contribution in [0.15, 0.2) is 0 Å². The molecule has 0 aliphatic heterocycles. The molecule has 0 fully saturated rings. The summed E-state index contributed by atoms with van der Waals surface area (Å²) < 4.78 is 16.9. The minimum atomic E-state index is -4.71. The number of methoxy groups -OCH3 is 1. The summed E-state index contributed by atoms with van der Waals surface area (Å²) in [5, 5.41) is 0. The summed E-state index contributed by atoms with van der Waals surface area (Å²) >= 11 is 0. The summed E-state index contributed by atoms with van der Waals surface area (Å²) in [6.07, 6.45) is -1.40. The van der Waals surface area contributed by atoms with Gasteiger partial charge < -0.3 is 9.26 Å². The first-order chi connectivity index (χ1) is 3.95. The summed E-state index contributed by atoms with van der Waals surface area (Å²) in [5.41, 5.74) is 0. The highest BCUT2D eigenvalue weighted by Gasteiger charge is 2.20. The highest BCUT2D eigenvalue weighted by Crippen LogP contribution is 2.35. The Morgan fingerprint density at radius 2 is 2.00 bits per heavy atom. The number of carbonyl (C=O) groups excluding carboxylic acids is 1. The van der Waals surface area contributed by atoms with E-state index in [9.17, 15) is 9.36 Å². The Bertz CT molecular complexity index is 145. The van der Waals surface area contributed by atoms with Crippen LogP contribution in [0.3, 0.4) is 0 Å². The van der Waals surface area contributed by atoms with Crippen LogP contribution in [0, 0.1) is 0 Å². The molecule has 6 nitrogen and oxygen atoms in total. The number of carbonyl (C=O) groups is 1. The van der Waals surface area contributed by atoms with Crippen molar-refractivity contribution in [1.29, 1.82) is 0 Å². The molecule has 0 bridgehead atoms. The zero-order valence-corrected chi connectivity index (χ0v) is 5.37. The maximum Gasteiger partial charge on any atom is 0.529 e. The molecule has 0 unspecified atom stereocenters. The van der Waals surface area contributed by atoms with Gasteiger partial charge in [-0.1, -0.05) is 0 Å². The van der Waals surface area contributed by atoms with E-state index in [1.54, 1.807) is 0 Å². The van der Waals surface area contributed by atoms with E-state index in [1.807, 2.05) is 0 Å². The van der Waals surface area contributed by atoms with Crippen LogP contribution in [0.2, 0.25) is 0 Å². The number of hydrogen-bond acceptors (Lipinski definition) is 4. The highest BCUT2D eigenvalue weighted by molar-refractivity contribution is 7.46. The Kier molecular flexibility index (Phi) is 2.64. The molecule has 7 heteroatoms. The highest BCUT2D eigenvalue weighted by atomic mass is 31.2. The largest absolute Gasteiger partial charge is 0.529 e. The van der Waals surface area contributed by atoms with Gasteiger partial charge in [-0.05, 0) is 0 Å². The third-order valence-corrected chi connectivity index (χ3v) is 0.747. The fourth-order valence-corrected chi connectivity index (χ4v) is 0.403. The minimum absolute atomic E-state index is 0.942. The Balaban J connectivity index is 3.75.